The van der Waals surface area contributed by atoms with Gasteiger partial charge in [-0.15, -0.1) is 0 Å². The van der Waals surface area contributed by atoms with E-state index in [4.69, 9.17) is 0 Å². The molecular formula is C16H11F5O. The van der Waals surface area contributed by atoms with Crippen molar-refractivity contribution in [3.63, 3.8) is 0 Å². The van der Waals surface area contributed by atoms with Crippen LogP contribution in [0.4, 0.5) is 22.0 Å². The molecule has 1 nitrogen and oxygen atoms in total. The summed E-state index contributed by atoms with van der Waals surface area (Å²) in [4.78, 5) is 0. The van der Waals surface area contributed by atoms with Crippen molar-refractivity contribution in [1.82, 2.24) is 0 Å². The summed E-state index contributed by atoms with van der Waals surface area (Å²) in [7, 11) is 0. The monoisotopic (exact) mass is 314 g/mol. The minimum Gasteiger partial charge on any atom is -0.373 e. The van der Waals surface area contributed by atoms with Crippen molar-refractivity contribution in [3.05, 3.63) is 77.4 Å². The first-order valence-electron chi connectivity index (χ1n) is 6.23. The molecule has 0 spiro atoms. The van der Waals surface area contributed by atoms with E-state index in [1.807, 2.05) is 0 Å². The lowest BCUT2D eigenvalue weighted by Gasteiger charge is -2.28. The van der Waals surface area contributed by atoms with Gasteiger partial charge in [-0.05, 0) is 18.2 Å². The zero-order chi connectivity index (χ0) is 16.4. The van der Waals surface area contributed by atoms with Gasteiger partial charge in [0.15, 0.2) is 0 Å². The number of hydrogen-bond acceptors (Lipinski definition) is 1. The van der Waals surface area contributed by atoms with E-state index in [2.05, 4.69) is 0 Å². The molecule has 1 atom stereocenters. The number of alkyl halides is 3. The van der Waals surface area contributed by atoms with Crippen LogP contribution < -0.4 is 0 Å². The summed E-state index contributed by atoms with van der Waals surface area (Å²) in [5.41, 5.74) is -4.66. The lowest BCUT2D eigenvalue weighted by atomic mass is 9.91. The third-order valence-corrected chi connectivity index (χ3v) is 3.13. The highest BCUT2D eigenvalue weighted by atomic mass is 19.4. The minimum atomic E-state index is -5.17. The summed E-state index contributed by atoms with van der Waals surface area (Å²) in [5.74, 6) is -1.96. The molecular weight excluding hydrogens is 303 g/mol. The molecule has 2 rings (SSSR count). The van der Waals surface area contributed by atoms with Gasteiger partial charge in [0.05, 0.1) is 0 Å². The number of rotatable bonds is 3. The van der Waals surface area contributed by atoms with Gasteiger partial charge in [0.1, 0.15) is 11.6 Å². The van der Waals surface area contributed by atoms with Crippen molar-refractivity contribution in [2.24, 2.45) is 0 Å². The zero-order valence-electron chi connectivity index (χ0n) is 11.1. The molecule has 0 amide bonds. The molecule has 0 aliphatic carbocycles. The predicted molar refractivity (Wildman–Crippen MR) is 71.8 cm³/mol. The lowest BCUT2D eigenvalue weighted by Crippen LogP contribution is -2.41. The van der Waals surface area contributed by atoms with Crippen LogP contribution in [0.25, 0.3) is 6.08 Å². The highest BCUT2D eigenvalue weighted by Gasteiger charge is 2.54. The molecule has 0 radical (unpaired) electrons. The first-order chi connectivity index (χ1) is 10.3. The molecule has 116 valence electrons. The Hall–Kier alpha value is -2.21. The molecule has 0 aliphatic heterocycles. The summed E-state index contributed by atoms with van der Waals surface area (Å²) in [6.45, 7) is 0. The van der Waals surface area contributed by atoms with Gasteiger partial charge >= 0.3 is 6.18 Å². The maximum atomic E-state index is 13.7. The predicted octanol–water partition coefficient (Wildman–Crippen LogP) is 4.43. The first-order valence-corrected chi connectivity index (χ1v) is 6.23. The molecule has 2 aromatic rings. The van der Waals surface area contributed by atoms with Crippen LogP contribution in [0, 0.1) is 11.6 Å². The van der Waals surface area contributed by atoms with Crippen LogP contribution in [0.1, 0.15) is 11.1 Å². The van der Waals surface area contributed by atoms with E-state index < -0.39 is 29.0 Å². The summed E-state index contributed by atoms with van der Waals surface area (Å²) < 4.78 is 66.7. The smallest absolute Gasteiger partial charge is 0.373 e. The second-order valence-corrected chi connectivity index (χ2v) is 4.60. The highest BCUT2D eigenvalue weighted by molar-refractivity contribution is 5.52. The van der Waals surface area contributed by atoms with Crippen LogP contribution in [0.3, 0.4) is 0 Å². The van der Waals surface area contributed by atoms with E-state index in [0.29, 0.717) is 6.08 Å². The average molecular weight is 314 g/mol. The summed E-state index contributed by atoms with van der Waals surface area (Å²) in [6, 6.07) is 9.12. The van der Waals surface area contributed by atoms with Crippen LogP contribution in [0.2, 0.25) is 0 Å². The molecule has 0 fully saturated rings. The van der Waals surface area contributed by atoms with Crippen LogP contribution in [-0.4, -0.2) is 11.3 Å². The van der Waals surface area contributed by atoms with Crippen molar-refractivity contribution in [2.75, 3.05) is 0 Å². The lowest BCUT2D eigenvalue weighted by molar-refractivity contribution is -0.245. The SMILES string of the molecule is OC(C=Cc1ccccc1F)(c1ccccc1F)C(F)(F)F. The Morgan fingerprint density at radius 3 is 1.91 bits per heavy atom. The molecule has 1 unspecified atom stereocenters. The van der Waals surface area contributed by atoms with Crippen molar-refractivity contribution in [2.45, 2.75) is 11.8 Å². The van der Waals surface area contributed by atoms with E-state index in [0.717, 1.165) is 24.3 Å². The third kappa shape index (κ3) is 3.01. The normalized spacial score (nSPS) is 15.0. The van der Waals surface area contributed by atoms with Gasteiger partial charge in [0, 0.05) is 11.1 Å². The molecule has 0 saturated heterocycles. The zero-order valence-corrected chi connectivity index (χ0v) is 11.1. The average Bonchev–Trinajstić information content (AvgIpc) is 2.45. The summed E-state index contributed by atoms with van der Waals surface area (Å²) in [5, 5.41) is 9.98. The van der Waals surface area contributed by atoms with Gasteiger partial charge in [0.25, 0.3) is 0 Å². The number of aliphatic hydroxyl groups is 1. The Labute approximate surface area is 123 Å². The maximum Gasteiger partial charge on any atom is 0.425 e. The van der Waals surface area contributed by atoms with Gasteiger partial charge < -0.3 is 5.11 Å². The fourth-order valence-electron chi connectivity index (χ4n) is 1.93. The molecule has 0 bridgehead atoms. The molecule has 0 saturated carbocycles. The molecule has 0 heterocycles. The van der Waals surface area contributed by atoms with Crippen molar-refractivity contribution < 1.29 is 27.1 Å². The van der Waals surface area contributed by atoms with Gasteiger partial charge in [-0.3, -0.25) is 0 Å². The first kappa shape index (κ1) is 16.2. The van der Waals surface area contributed by atoms with Crippen LogP contribution in [0.5, 0.6) is 0 Å². The van der Waals surface area contributed by atoms with Crippen molar-refractivity contribution >= 4 is 6.08 Å². The van der Waals surface area contributed by atoms with E-state index in [1.165, 1.54) is 30.3 Å². The second kappa shape index (κ2) is 5.88. The van der Waals surface area contributed by atoms with Crippen molar-refractivity contribution in [3.8, 4) is 0 Å². The van der Waals surface area contributed by atoms with Gasteiger partial charge in [-0.1, -0.05) is 42.5 Å². The molecule has 2 aromatic carbocycles. The number of benzene rings is 2. The maximum absolute atomic E-state index is 13.7. The highest BCUT2D eigenvalue weighted by Crippen LogP contribution is 2.41. The van der Waals surface area contributed by atoms with Gasteiger partial charge in [0.2, 0.25) is 5.60 Å². The Bertz CT molecular complexity index is 693. The van der Waals surface area contributed by atoms with Crippen LogP contribution in [-0.2, 0) is 5.60 Å². The van der Waals surface area contributed by atoms with E-state index >= 15 is 0 Å². The number of hydrogen-bond donors (Lipinski definition) is 1. The largest absolute Gasteiger partial charge is 0.425 e. The van der Waals surface area contributed by atoms with Gasteiger partial charge in [-0.25, -0.2) is 8.78 Å². The standard InChI is InChI=1S/C16H11F5O/c17-13-7-3-1-5-11(13)9-10-15(22,16(19,20)21)12-6-2-4-8-14(12)18/h1-10,22H. The summed E-state index contributed by atoms with van der Waals surface area (Å²) >= 11 is 0. The third-order valence-electron chi connectivity index (χ3n) is 3.13. The van der Waals surface area contributed by atoms with Crippen molar-refractivity contribution in [1.29, 1.82) is 0 Å². The van der Waals surface area contributed by atoms with E-state index in [9.17, 15) is 27.1 Å². The van der Waals surface area contributed by atoms with Gasteiger partial charge in [-0.2, -0.15) is 13.2 Å². The van der Waals surface area contributed by atoms with E-state index in [-0.39, 0.29) is 5.56 Å². The Morgan fingerprint density at radius 1 is 0.818 bits per heavy atom. The fraction of sp³-hybridized carbons (Fsp3) is 0.125. The van der Waals surface area contributed by atoms with E-state index in [1.54, 1.807) is 0 Å². The molecule has 0 aromatic heterocycles. The Morgan fingerprint density at radius 2 is 1.36 bits per heavy atom. The Kier molecular flexibility index (Phi) is 4.32. The fourth-order valence-corrected chi connectivity index (χ4v) is 1.93. The quantitative estimate of drug-likeness (QED) is 0.831. The minimum absolute atomic E-state index is 0.151. The topological polar surface area (TPSA) is 20.2 Å². The number of halogens is 5. The van der Waals surface area contributed by atoms with Crippen LogP contribution in [0.15, 0.2) is 54.6 Å². The molecule has 6 heteroatoms. The second-order valence-electron chi connectivity index (χ2n) is 4.60. The van der Waals surface area contributed by atoms with Crippen LogP contribution >= 0.6 is 0 Å². The molecule has 0 aliphatic rings. The summed E-state index contributed by atoms with van der Waals surface area (Å²) in [6.07, 6.45) is -4.06. The molecule has 1 N–H and O–H groups in total. The Balaban J connectivity index is 2.53. The molecule has 22 heavy (non-hydrogen) atoms.